The normalized spacial score (nSPS) is 12.0. The molecule has 28 heavy (non-hydrogen) atoms. The van der Waals surface area contributed by atoms with Crippen LogP contribution in [0.15, 0.2) is 59.4 Å². The van der Waals surface area contributed by atoms with Gasteiger partial charge in [-0.15, -0.1) is 11.3 Å². The molecule has 2 aromatic carbocycles. The van der Waals surface area contributed by atoms with Gasteiger partial charge in [0.15, 0.2) is 10.9 Å². The SMILES string of the molecule is O=C(Cc1ccc2nc(NC(=O)C(F)c3ccccc3)sc2c1)c1cscn1. The number of nitrogens with one attached hydrogen (secondary N) is 1. The quantitative estimate of drug-likeness (QED) is 0.462. The summed E-state index contributed by atoms with van der Waals surface area (Å²) < 4.78 is 15.1. The summed E-state index contributed by atoms with van der Waals surface area (Å²) in [6, 6.07) is 13.7. The molecule has 0 bridgehead atoms. The van der Waals surface area contributed by atoms with E-state index in [1.807, 2.05) is 12.1 Å². The summed E-state index contributed by atoms with van der Waals surface area (Å²) in [7, 11) is 0. The van der Waals surface area contributed by atoms with Gasteiger partial charge >= 0.3 is 0 Å². The van der Waals surface area contributed by atoms with Crippen LogP contribution >= 0.6 is 22.7 Å². The third-order valence-electron chi connectivity index (χ3n) is 4.09. The first-order valence-electron chi connectivity index (χ1n) is 8.41. The fourth-order valence-corrected chi connectivity index (χ4v) is 4.19. The smallest absolute Gasteiger partial charge is 0.265 e. The van der Waals surface area contributed by atoms with E-state index in [-0.39, 0.29) is 12.2 Å². The fourth-order valence-electron chi connectivity index (χ4n) is 2.70. The van der Waals surface area contributed by atoms with E-state index in [9.17, 15) is 14.0 Å². The van der Waals surface area contributed by atoms with Crippen LogP contribution < -0.4 is 5.32 Å². The fraction of sp³-hybridized carbons (Fsp3) is 0.100. The minimum atomic E-state index is -1.76. The van der Waals surface area contributed by atoms with Gasteiger partial charge in [-0.2, -0.15) is 0 Å². The molecule has 4 rings (SSSR count). The maximum Gasteiger partial charge on any atom is 0.265 e. The number of aromatic nitrogens is 2. The number of hydrogen-bond donors (Lipinski definition) is 1. The minimum absolute atomic E-state index is 0.0539. The Labute approximate surface area is 167 Å². The number of nitrogens with zero attached hydrogens (tertiary/aromatic N) is 2. The van der Waals surface area contributed by atoms with Gasteiger partial charge in [0, 0.05) is 11.8 Å². The number of thiazole rings is 2. The van der Waals surface area contributed by atoms with Crippen molar-refractivity contribution in [2.75, 3.05) is 5.32 Å². The van der Waals surface area contributed by atoms with Crippen LogP contribution in [0.4, 0.5) is 9.52 Å². The number of Topliss-reactive ketones (excluding diaryl/α,β-unsaturated/α-hetero) is 1. The van der Waals surface area contributed by atoms with Crippen molar-refractivity contribution in [3.63, 3.8) is 0 Å². The molecule has 0 fully saturated rings. The lowest BCUT2D eigenvalue weighted by Gasteiger charge is -2.07. The molecular formula is C20H14FN3O2S2. The molecule has 1 N–H and O–H groups in total. The molecular weight excluding hydrogens is 397 g/mol. The third kappa shape index (κ3) is 3.97. The number of carbonyl (C=O) groups excluding carboxylic acids is 2. The van der Waals surface area contributed by atoms with E-state index in [0.29, 0.717) is 21.9 Å². The largest absolute Gasteiger partial charge is 0.299 e. The van der Waals surface area contributed by atoms with E-state index in [4.69, 9.17) is 0 Å². The zero-order valence-corrected chi connectivity index (χ0v) is 16.1. The second-order valence-electron chi connectivity index (χ2n) is 6.06. The topological polar surface area (TPSA) is 72.0 Å². The highest BCUT2D eigenvalue weighted by Crippen LogP contribution is 2.28. The zero-order valence-electron chi connectivity index (χ0n) is 14.5. The van der Waals surface area contributed by atoms with Gasteiger partial charge in [-0.05, 0) is 23.3 Å². The number of anilines is 1. The maximum atomic E-state index is 14.3. The lowest BCUT2D eigenvalue weighted by molar-refractivity contribution is -0.121. The summed E-state index contributed by atoms with van der Waals surface area (Å²) in [5.74, 6) is -0.814. The predicted octanol–water partition coefficient (Wildman–Crippen LogP) is 4.83. The van der Waals surface area contributed by atoms with E-state index in [1.54, 1.807) is 47.3 Å². The van der Waals surface area contributed by atoms with Gasteiger partial charge in [0.1, 0.15) is 5.69 Å². The Bertz CT molecular complexity index is 1130. The Hall–Kier alpha value is -2.97. The van der Waals surface area contributed by atoms with Crippen molar-refractivity contribution in [1.82, 2.24) is 9.97 Å². The summed E-state index contributed by atoms with van der Waals surface area (Å²) in [6.45, 7) is 0. The van der Waals surface area contributed by atoms with Crippen molar-refractivity contribution in [2.45, 2.75) is 12.6 Å². The average molecular weight is 411 g/mol. The van der Waals surface area contributed by atoms with Crippen LogP contribution in [0.3, 0.4) is 0 Å². The van der Waals surface area contributed by atoms with Crippen LogP contribution in [0.5, 0.6) is 0 Å². The first-order chi connectivity index (χ1) is 13.6. The van der Waals surface area contributed by atoms with Crippen molar-refractivity contribution >= 4 is 49.7 Å². The molecule has 1 atom stereocenters. The second kappa shape index (κ2) is 7.95. The zero-order chi connectivity index (χ0) is 19.5. The Balaban J connectivity index is 1.48. The molecule has 140 valence electrons. The van der Waals surface area contributed by atoms with E-state index < -0.39 is 12.1 Å². The van der Waals surface area contributed by atoms with E-state index in [2.05, 4.69) is 15.3 Å². The Morgan fingerprint density at radius 1 is 1.14 bits per heavy atom. The standard InChI is InChI=1S/C20H14FN3O2S2/c21-18(13-4-2-1-3-5-13)19(26)24-20-23-14-7-6-12(9-17(14)28-20)8-16(25)15-10-27-11-22-15/h1-7,9-11,18H,8H2,(H,23,24,26). The van der Waals surface area contributed by atoms with Crippen molar-refractivity contribution in [2.24, 2.45) is 0 Å². The molecule has 2 heterocycles. The van der Waals surface area contributed by atoms with Crippen LogP contribution in [0.2, 0.25) is 0 Å². The summed E-state index contributed by atoms with van der Waals surface area (Å²) in [5.41, 5.74) is 3.89. The molecule has 0 aliphatic heterocycles. The number of carbonyl (C=O) groups is 2. The number of rotatable bonds is 6. The Kier molecular flexibility index (Phi) is 5.23. The lowest BCUT2D eigenvalue weighted by atomic mass is 10.1. The summed E-state index contributed by atoms with van der Waals surface area (Å²) in [6.07, 6.45) is -1.53. The van der Waals surface area contributed by atoms with Crippen LogP contribution in [0.25, 0.3) is 10.2 Å². The van der Waals surface area contributed by atoms with Crippen molar-refractivity contribution < 1.29 is 14.0 Å². The number of amides is 1. The van der Waals surface area contributed by atoms with Crippen molar-refractivity contribution in [1.29, 1.82) is 0 Å². The summed E-state index contributed by atoms with van der Waals surface area (Å²) >= 11 is 2.62. The first-order valence-corrected chi connectivity index (χ1v) is 10.2. The maximum absolute atomic E-state index is 14.3. The predicted molar refractivity (Wildman–Crippen MR) is 109 cm³/mol. The highest BCUT2D eigenvalue weighted by molar-refractivity contribution is 7.22. The molecule has 0 aliphatic carbocycles. The lowest BCUT2D eigenvalue weighted by Crippen LogP contribution is -2.17. The highest BCUT2D eigenvalue weighted by Gasteiger charge is 2.20. The average Bonchev–Trinajstić information content (AvgIpc) is 3.37. The number of ketones is 1. The van der Waals surface area contributed by atoms with Gasteiger partial charge < -0.3 is 0 Å². The van der Waals surface area contributed by atoms with Gasteiger partial charge in [-0.25, -0.2) is 14.4 Å². The molecule has 5 nitrogen and oxygen atoms in total. The van der Waals surface area contributed by atoms with Gasteiger partial charge in [-0.3, -0.25) is 14.9 Å². The van der Waals surface area contributed by atoms with E-state index in [1.165, 1.54) is 22.7 Å². The highest BCUT2D eigenvalue weighted by atomic mass is 32.1. The number of halogens is 1. The van der Waals surface area contributed by atoms with E-state index >= 15 is 0 Å². The molecule has 0 saturated carbocycles. The molecule has 0 saturated heterocycles. The van der Waals surface area contributed by atoms with Gasteiger partial charge in [-0.1, -0.05) is 47.7 Å². The number of benzene rings is 2. The minimum Gasteiger partial charge on any atom is -0.299 e. The van der Waals surface area contributed by atoms with Crippen LogP contribution in [0.1, 0.15) is 27.8 Å². The molecule has 2 aromatic heterocycles. The Morgan fingerprint density at radius 2 is 1.96 bits per heavy atom. The van der Waals surface area contributed by atoms with Crippen molar-refractivity contribution in [3.05, 3.63) is 76.2 Å². The second-order valence-corrected chi connectivity index (χ2v) is 7.81. The molecule has 1 unspecified atom stereocenters. The molecule has 0 aliphatic rings. The third-order valence-corrected chi connectivity index (χ3v) is 5.61. The van der Waals surface area contributed by atoms with E-state index in [0.717, 1.165) is 10.3 Å². The Morgan fingerprint density at radius 3 is 2.71 bits per heavy atom. The van der Waals surface area contributed by atoms with Crippen LogP contribution in [0, 0.1) is 0 Å². The molecule has 0 radical (unpaired) electrons. The van der Waals surface area contributed by atoms with Crippen molar-refractivity contribution in [3.8, 4) is 0 Å². The summed E-state index contributed by atoms with van der Waals surface area (Å²) in [4.78, 5) is 32.7. The van der Waals surface area contributed by atoms with Gasteiger partial charge in [0.2, 0.25) is 6.17 Å². The molecule has 8 heteroatoms. The van der Waals surface area contributed by atoms with Gasteiger partial charge in [0.25, 0.3) is 5.91 Å². The molecule has 0 spiro atoms. The molecule has 4 aromatic rings. The number of alkyl halides is 1. The number of fused-ring (bicyclic) bond motifs is 1. The van der Waals surface area contributed by atoms with Crippen LogP contribution in [-0.2, 0) is 11.2 Å². The van der Waals surface area contributed by atoms with Gasteiger partial charge in [0.05, 0.1) is 15.7 Å². The number of hydrogen-bond acceptors (Lipinski definition) is 6. The molecule has 1 amide bonds. The summed E-state index contributed by atoms with van der Waals surface area (Å²) in [5, 5.41) is 4.57. The van der Waals surface area contributed by atoms with Crippen LogP contribution in [-0.4, -0.2) is 21.7 Å². The monoisotopic (exact) mass is 411 g/mol. The first kappa shape index (κ1) is 18.4.